The molecular weight excluding hydrogens is 254 g/mol. The van der Waals surface area contributed by atoms with Crippen molar-refractivity contribution in [2.24, 2.45) is 0 Å². The number of hydroxylamine groups is 2. The van der Waals surface area contributed by atoms with Crippen molar-refractivity contribution >= 4 is 18.3 Å². The third-order valence-electron chi connectivity index (χ3n) is 2.25. The van der Waals surface area contributed by atoms with Gasteiger partial charge in [0, 0.05) is 20.0 Å². The molecule has 19 heavy (non-hydrogen) atoms. The highest BCUT2D eigenvalue weighted by Gasteiger charge is 2.16. The van der Waals surface area contributed by atoms with E-state index in [1.165, 1.54) is 7.11 Å². The highest BCUT2D eigenvalue weighted by molar-refractivity contribution is 5.77. The van der Waals surface area contributed by atoms with E-state index >= 15 is 0 Å². The zero-order chi connectivity index (χ0) is 14.5. The van der Waals surface area contributed by atoms with Crippen LogP contribution in [-0.4, -0.2) is 43.9 Å². The summed E-state index contributed by atoms with van der Waals surface area (Å²) in [6, 6.07) is 0. The molecule has 0 atom stereocenters. The molecule has 0 saturated heterocycles. The minimum atomic E-state index is -0.477. The van der Waals surface area contributed by atoms with Gasteiger partial charge in [-0.15, -0.1) is 5.06 Å². The van der Waals surface area contributed by atoms with Crippen molar-refractivity contribution in [3.63, 3.8) is 0 Å². The number of amides is 1. The Labute approximate surface area is 112 Å². The van der Waals surface area contributed by atoms with Crippen LogP contribution in [0.15, 0.2) is 0 Å². The van der Waals surface area contributed by atoms with Gasteiger partial charge in [0.05, 0.1) is 6.61 Å². The number of methoxy groups -OCH3 is 1. The standard InChI is InChI=1S/C12H21NO6/c1-3-11(15)13(9-17-2)19-12(16)7-5-4-6-8-18-10-14/h10H,3-9H2,1-2H3. The fourth-order valence-corrected chi connectivity index (χ4v) is 1.29. The van der Waals surface area contributed by atoms with Crippen molar-refractivity contribution in [3.05, 3.63) is 0 Å². The van der Waals surface area contributed by atoms with Crippen molar-refractivity contribution in [3.8, 4) is 0 Å². The first-order valence-corrected chi connectivity index (χ1v) is 6.21. The Balaban J connectivity index is 3.80. The topological polar surface area (TPSA) is 82.1 Å². The lowest BCUT2D eigenvalue weighted by Gasteiger charge is -2.19. The molecule has 0 aliphatic carbocycles. The number of rotatable bonds is 10. The zero-order valence-corrected chi connectivity index (χ0v) is 11.4. The first-order valence-electron chi connectivity index (χ1n) is 6.21. The predicted octanol–water partition coefficient (Wildman–Crippen LogP) is 1.02. The highest BCUT2D eigenvalue weighted by atomic mass is 16.7. The first kappa shape index (κ1) is 17.4. The molecule has 0 heterocycles. The summed E-state index contributed by atoms with van der Waals surface area (Å²) in [7, 11) is 1.41. The smallest absolute Gasteiger partial charge is 0.332 e. The fraction of sp³-hybridized carbons (Fsp3) is 0.750. The lowest BCUT2D eigenvalue weighted by atomic mass is 10.2. The number of hydrogen-bond donors (Lipinski definition) is 0. The van der Waals surface area contributed by atoms with Gasteiger partial charge in [-0.1, -0.05) is 6.92 Å². The van der Waals surface area contributed by atoms with Gasteiger partial charge in [0.2, 0.25) is 0 Å². The van der Waals surface area contributed by atoms with E-state index in [1.807, 2.05) is 0 Å². The van der Waals surface area contributed by atoms with Crippen LogP contribution in [0, 0.1) is 0 Å². The normalized spacial score (nSPS) is 9.79. The van der Waals surface area contributed by atoms with Crippen LogP contribution in [0.25, 0.3) is 0 Å². The summed E-state index contributed by atoms with van der Waals surface area (Å²) in [5, 5.41) is 0.915. The number of carbonyl (C=O) groups is 3. The molecule has 0 fully saturated rings. The van der Waals surface area contributed by atoms with Crippen molar-refractivity contribution < 1.29 is 28.7 Å². The molecule has 0 aliphatic rings. The first-order chi connectivity index (χ1) is 9.15. The second kappa shape index (κ2) is 11.5. The second-order valence-electron chi connectivity index (χ2n) is 3.78. The fourth-order valence-electron chi connectivity index (χ4n) is 1.29. The quantitative estimate of drug-likeness (QED) is 0.256. The van der Waals surface area contributed by atoms with Crippen molar-refractivity contribution in [1.82, 2.24) is 5.06 Å². The maximum absolute atomic E-state index is 11.5. The lowest BCUT2D eigenvalue weighted by Crippen LogP contribution is -2.34. The van der Waals surface area contributed by atoms with Crippen LogP contribution < -0.4 is 0 Å². The minimum Gasteiger partial charge on any atom is -0.468 e. The number of hydrogen-bond acceptors (Lipinski definition) is 6. The Bertz CT molecular complexity index is 281. The van der Waals surface area contributed by atoms with E-state index in [4.69, 9.17) is 9.57 Å². The van der Waals surface area contributed by atoms with Gasteiger partial charge in [0.1, 0.15) is 0 Å². The SMILES string of the molecule is CCC(=O)N(COC)OC(=O)CCCCCOC=O. The average Bonchev–Trinajstić information content (AvgIpc) is 2.41. The maximum Gasteiger partial charge on any atom is 0.332 e. The second-order valence-corrected chi connectivity index (χ2v) is 3.78. The van der Waals surface area contributed by atoms with Crippen LogP contribution in [-0.2, 0) is 28.7 Å². The van der Waals surface area contributed by atoms with E-state index in [0.29, 0.717) is 25.9 Å². The zero-order valence-electron chi connectivity index (χ0n) is 11.4. The number of ether oxygens (including phenoxy) is 2. The molecule has 110 valence electrons. The maximum atomic E-state index is 11.5. The summed E-state index contributed by atoms with van der Waals surface area (Å²) in [6.07, 6.45) is 2.50. The van der Waals surface area contributed by atoms with Crippen LogP contribution in [0.3, 0.4) is 0 Å². The van der Waals surface area contributed by atoms with Crippen LogP contribution in [0.5, 0.6) is 0 Å². The minimum absolute atomic E-state index is 0.0778. The van der Waals surface area contributed by atoms with E-state index in [1.54, 1.807) is 6.92 Å². The molecule has 0 aromatic carbocycles. The van der Waals surface area contributed by atoms with Crippen LogP contribution in [0.2, 0.25) is 0 Å². The summed E-state index contributed by atoms with van der Waals surface area (Å²) >= 11 is 0. The van der Waals surface area contributed by atoms with E-state index in [9.17, 15) is 14.4 Å². The molecule has 7 heteroatoms. The number of unbranched alkanes of at least 4 members (excludes halogenated alkanes) is 2. The van der Waals surface area contributed by atoms with Gasteiger partial charge in [-0.2, -0.15) is 0 Å². The summed E-state index contributed by atoms with van der Waals surface area (Å²) < 4.78 is 9.29. The molecule has 0 spiro atoms. The summed E-state index contributed by atoms with van der Waals surface area (Å²) in [4.78, 5) is 37.7. The van der Waals surface area contributed by atoms with Crippen molar-refractivity contribution in [1.29, 1.82) is 0 Å². The van der Waals surface area contributed by atoms with Crippen molar-refractivity contribution in [2.45, 2.75) is 39.0 Å². The number of nitrogens with zero attached hydrogens (tertiary/aromatic N) is 1. The average molecular weight is 275 g/mol. The predicted molar refractivity (Wildman–Crippen MR) is 65.6 cm³/mol. The molecule has 0 radical (unpaired) electrons. The molecule has 0 unspecified atom stereocenters. The summed E-state index contributed by atoms with van der Waals surface area (Å²) in [5.41, 5.74) is 0. The Morgan fingerprint density at radius 3 is 2.53 bits per heavy atom. The molecule has 0 aliphatic heterocycles. The van der Waals surface area contributed by atoms with E-state index in [2.05, 4.69) is 4.74 Å². The molecule has 0 bridgehead atoms. The monoisotopic (exact) mass is 275 g/mol. The molecule has 1 amide bonds. The summed E-state index contributed by atoms with van der Waals surface area (Å²) in [6.45, 7) is 2.34. The van der Waals surface area contributed by atoms with Gasteiger partial charge in [0.15, 0.2) is 6.73 Å². The lowest BCUT2D eigenvalue weighted by molar-refractivity contribution is -0.213. The Morgan fingerprint density at radius 1 is 1.21 bits per heavy atom. The van der Waals surface area contributed by atoms with Gasteiger partial charge in [0.25, 0.3) is 12.4 Å². The molecule has 0 rings (SSSR count). The Hall–Kier alpha value is -1.63. The van der Waals surface area contributed by atoms with E-state index in [-0.39, 0.29) is 25.5 Å². The third kappa shape index (κ3) is 9.01. The van der Waals surface area contributed by atoms with E-state index < -0.39 is 5.97 Å². The van der Waals surface area contributed by atoms with Crippen LogP contribution in [0.1, 0.15) is 39.0 Å². The largest absolute Gasteiger partial charge is 0.468 e. The van der Waals surface area contributed by atoms with Gasteiger partial charge < -0.3 is 14.3 Å². The summed E-state index contributed by atoms with van der Waals surface area (Å²) in [5.74, 6) is -0.787. The van der Waals surface area contributed by atoms with Gasteiger partial charge in [-0.05, 0) is 19.3 Å². The molecule has 0 aromatic heterocycles. The molecule has 0 saturated carbocycles. The third-order valence-corrected chi connectivity index (χ3v) is 2.25. The molecule has 0 aromatic rings. The molecule has 0 N–H and O–H groups in total. The molecule has 7 nitrogen and oxygen atoms in total. The Kier molecular flexibility index (Phi) is 10.5. The molecular formula is C12H21NO6. The van der Waals surface area contributed by atoms with Crippen LogP contribution >= 0.6 is 0 Å². The number of carbonyl (C=O) groups excluding carboxylic acids is 3. The van der Waals surface area contributed by atoms with Crippen LogP contribution in [0.4, 0.5) is 0 Å². The van der Waals surface area contributed by atoms with Gasteiger partial charge >= 0.3 is 5.97 Å². The van der Waals surface area contributed by atoms with Gasteiger partial charge in [-0.3, -0.25) is 9.59 Å². The van der Waals surface area contributed by atoms with E-state index in [0.717, 1.165) is 11.5 Å². The van der Waals surface area contributed by atoms with Crippen molar-refractivity contribution in [2.75, 3.05) is 20.4 Å². The Morgan fingerprint density at radius 2 is 1.95 bits per heavy atom. The highest BCUT2D eigenvalue weighted by Crippen LogP contribution is 2.04. The van der Waals surface area contributed by atoms with Gasteiger partial charge in [-0.25, -0.2) is 4.79 Å².